The van der Waals surface area contributed by atoms with E-state index in [1.807, 2.05) is 0 Å². The highest BCUT2D eigenvalue weighted by Gasteiger charge is 2.63. The summed E-state index contributed by atoms with van der Waals surface area (Å²) in [5.41, 5.74) is 2.74. The first-order chi connectivity index (χ1) is 18.2. The van der Waals surface area contributed by atoms with E-state index in [1.54, 1.807) is 14.1 Å². The summed E-state index contributed by atoms with van der Waals surface area (Å²) in [4.78, 5) is 43.1. The molecule has 0 bridgehead atoms. The zero-order valence-electron chi connectivity index (χ0n) is 22.4. The summed E-state index contributed by atoms with van der Waals surface area (Å²) in [6, 6.07) is 1.12. The summed E-state index contributed by atoms with van der Waals surface area (Å²) < 4.78 is 0. The van der Waals surface area contributed by atoms with Crippen LogP contribution in [0.2, 0.25) is 5.02 Å². The van der Waals surface area contributed by atoms with Crippen LogP contribution in [-0.2, 0) is 22.6 Å². The van der Waals surface area contributed by atoms with E-state index in [0.29, 0.717) is 34.8 Å². The lowest BCUT2D eigenvalue weighted by atomic mass is 9.58. The molecule has 210 valence electrons. The third-order valence-electron chi connectivity index (χ3n) is 9.22. The molecule has 10 nitrogen and oxygen atoms in total. The summed E-state index contributed by atoms with van der Waals surface area (Å²) >= 11 is 6.87. The topological polar surface area (TPSA) is 165 Å². The van der Waals surface area contributed by atoms with Gasteiger partial charge in [0, 0.05) is 35.1 Å². The van der Waals surface area contributed by atoms with E-state index in [4.69, 9.17) is 17.3 Å². The maximum absolute atomic E-state index is 13.8. The first-order valence-corrected chi connectivity index (χ1v) is 13.5. The maximum Gasteiger partial charge on any atom is 0.255 e. The molecule has 0 radical (unpaired) electrons. The Kier molecular flexibility index (Phi) is 6.61. The first-order valence-electron chi connectivity index (χ1n) is 13.1. The van der Waals surface area contributed by atoms with E-state index in [-0.39, 0.29) is 29.7 Å². The Morgan fingerprint density at radius 3 is 2.36 bits per heavy atom. The van der Waals surface area contributed by atoms with Crippen molar-refractivity contribution < 1.29 is 34.8 Å². The van der Waals surface area contributed by atoms with Gasteiger partial charge in [0.25, 0.3) is 5.91 Å². The van der Waals surface area contributed by atoms with Crippen molar-refractivity contribution >= 4 is 29.1 Å². The number of allylic oxidation sites excluding steroid dienone is 1. The second-order valence-corrected chi connectivity index (χ2v) is 12.0. The number of phenolic OH excluding ortho intramolecular Hbond substituents is 1. The Bertz CT molecular complexity index is 1360. The highest BCUT2D eigenvalue weighted by atomic mass is 35.5. The molecule has 39 heavy (non-hydrogen) atoms. The van der Waals surface area contributed by atoms with Crippen molar-refractivity contribution in [2.45, 2.75) is 69.8 Å². The van der Waals surface area contributed by atoms with E-state index in [2.05, 4.69) is 18.7 Å². The average Bonchev–Trinajstić information content (AvgIpc) is 3.16. The van der Waals surface area contributed by atoms with Crippen LogP contribution in [0.1, 0.15) is 54.6 Å². The number of aliphatic hydroxyl groups excluding tert-OH is 2. The molecule has 0 spiro atoms. The average molecular weight is 560 g/mol. The van der Waals surface area contributed by atoms with Crippen molar-refractivity contribution in [2.24, 2.45) is 17.6 Å². The standard InChI is InChI=1S/C28H34ClN3O7/c1-11-5-6-12(2)32(11)10-14-9-17(33)19-15(21(14)29)7-13-8-16-22(31(3)4)24(35)20(27(30)38)26(37)28(16,39)25(36)18(13)23(19)34/h9,11-13,16,22,33,35-36,39H,5-8,10H2,1-4H3,(H2,30,38)/t11-,12+,13-,16-,22-,28-/m0/s1. The number of hydrogen-bond acceptors (Lipinski definition) is 9. The Morgan fingerprint density at radius 2 is 1.79 bits per heavy atom. The molecular weight excluding hydrogens is 526 g/mol. The number of carbonyl (C=O) groups excluding carboxylic acids is 3. The van der Waals surface area contributed by atoms with Crippen LogP contribution in [-0.4, -0.2) is 85.5 Å². The summed E-state index contributed by atoms with van der Waals surface area (Å²) in [5.74, 6) is -6.77. The van der Waals surface area contributed by atoms with Crippen LogP contribution in [0.5, 0.6) is 5.75 Å². The van der Waals surface area contributed by atoms with E-state index < -0.39 is 58.0 Å². The number of aliphatic hydroxyl groups is 3. The number of nitrogens with zero attached hydrogens (tertiary/aromatic N) is 2. The van der Waals surface area contributed by atoms with Gasteiger partial charge in [-0.3, -0.25) is 24.2 Å². The minimum atomic E-state index is -2.66. The predicted molar refractivity (Wildman–Crippen MR) is 142 cm³/mol. The lowest BCUT2D eigenvalue weighted by molar-refractivity contribution is -0.148. The molecular formula is C28H34ClN3O7. The quantitative estimate of drug-likeness (QED) is 0.347. The smallest absolute Gasteiger partial charge is 0.255 e. The molecule has 0 aromatic heterocycles. The number of fused-ring (bicyclic) bond motifs is 3. The van der Waals surface area contributed by atoms with Crippen molar-refractivity contribution in [3.63, 3.8) is 0 Å². The highest BCUT2D eigenvalue weighted by Crippen LogP contribution is 2.53. The molecule has 5 rings (SSSR count). The summed E-state index contributed by atoms with van der Waals surface area (Å²) in [7, 11) is 3.18. The Morgan fingerprint density at radius 1 is 1.18 bits per heavy atom. The number of ketones is 2. The van der Waals surface area contributed by atoms with Crippen molar-refractivity contribution in [1.82, 2.24) is 9.80 Å². The number of primary amides is 1. The summed E-state index contributed by atoms with van der Waals surface area (Å²) in [5, 5.41) is 45.3. The second-order valence-electron chi connectivity index (χ2n) is 11.6. The third kappa shape index (κ3) is 3.83. The van der Waals surface area contributed by atoms with E-state index >= 15 is 0 Å². The largest absolute Gasteiger partial charge is 0.510 e. The summed E-state index contributed by atoms with van der Waals surface area (Å²) in [6.45, 7) is 4.79. The van der Waals surface area contributed by atoms with Crippen molar-refractivity contribution in [2.75, 3.05) is 14.1 Å². The number of Topliss-reactive ketones (excluding diaryl/α,β-unsaturated/α-hetero) is 2. The second kappa shape index (κ2) is 9.33. The summed E-state index contributed by atoms with van der Waals surface area (Å²) in [6.07, 6.45) is 2.30. The molecule has 0 saturated carbocycles. The minimum Gasteiger partial charge on any atom is -0.510 e. The monoisotopic (exact) mass is 559 g/mol. The first kappa shape index (κ1) is 27.6. The van der Waals surface area contributed by atoms with E-state index in [1.165, 1.54) is 11.0 Å². The highest BCUT2D eigenvalue weighted by molar-refractivity contribution is 6.33. The molecule has 1 aromatic rings. The Labute approximate surface area is 231 Å². The fourth-order valence-corrected chi connectivity index (χ4v) is 7.51. The number of amides is 1. The van der Waals surface area contributed by atoms with Gasteiger partial charge in [0.2, 0.25) is 5.78 Å². The zero-order valence-corrected chi connectivity index (χ0v) is 23.1. The molecule has 3 aliphatic carbocycles. The van der Waals surface area contributed by atoms with Crippen LogP contribution in [0.15, 0.2) is 28.7 Å². The number of phenols is 1. The number of benzene rings is 1. The van der Waals surface area contributed by atoms with Crippen molar-refractivity contribution in [3.05, 3.63) is 50.4 Å². The molecule has 6 N–H and O–H groups in total. The number of likely N-dealkylation sites (tertiary alicyclic amines) is 1. The zero-order chi connectivity index (χ0) is 28.7. The maximum atomic E-state index is 13.8. The fourth-order valence-electron chi connectivity index (χ4n) is 7.23. The lowest BCUT2D eigenvalue weighted by Crippen LogP contribution is -2.63. The molecule has 0 unspecified atom stereocenters. The van der Waals surface area contributed by atoms with Crippen LogP contribution in [0, 0.1) is 11.8 Å². The fraction of sp³-hybridized carbons (Fsp3) is 0.536. The molecule has 4 aliphatic rings. The molecule has 1 amide bonds. The van der Waals surface area contributed by atoms with Gasteiger partial charge in [0.1, 0.15) is 22.8 Å². The number of likely N-dealkylation sites (N-methyl/N-ethyl adjacent to an activating group) is 1. The van der Waals surface area contributed by atoms with E-state index in [0.717, 1.165) is 12.8 Å². The SMILES string of the molecule is C[C@@H]1CC[C@H](C)N1Cc1cc(O)c2c(c1Cl)C[C@H]1C[C@H]3[C@H](N(C)C)C(O)=C(C(N)=O)C(=O)[C@@]3(O)C(O)=C1C2=O. The Balaban J connectivity index is 1.63. The molecule has 1 saturated heterocycles. The number of aromatic hydroxyl groups is 1. The molecule has 6 atom stereocenters. The van der Waals surface area contributed by atoms with Crippen molar-refractivity contribution in [3.8, 4) is 5.75 Å². The molecule has 1 fully saturated rings. The van der Waals surface area contributed by atoms with E-state index in [9.17, 15) is 34.8 Å². The number of hydrogen-bond donors (Lipinski definition) is 5. The van der Waals surface area contributed by atoms with Crippen LogP contribution in [0.4, 0.5) is 0 Å². The van der Waals surface area contributed by atoms with Gasteiger partial charge in [-0.25, -0.2) is 0 Å². The van der Waals surface area contributed by atoms with Gasteiger partial charge in [-0.1, -0.05) is 11.6 Å². The van der Waals surface area contributed by atoms with Crippen LogP contribution in [0.3, 0.4) is 0 Å². The predicted octanol–water partition coefficient (Wildman–Crippen LogP) is 2.15. The van der Waals surface area contributed by atoms with Gasteiger partial charge < -0.3 is 26.2 Å². The van der Waals surface area contributed by atoms with Gasteiger partial charge >= 0.3 is 0 Å². The van der Waals surface area contributed by atoms with Crippen molar-refractivity contribution in [1.29, 1.82) is 0 Å². The van der Waals surface area contributed by atoms with Crippen LogP contribution < -0.4 is 5.73 Å². The van der Waals surface area contributed by atoms with Crippen LogP contribution >= 0.6 is 11.6 Å². The van der Waals surface area contributed by atoms with Gasteiger partial charge in [0.05, 0.1) is 11.6 Å². The van der Waals surface area contributed by atoms with Crippen LogP contribution in [0.25, 0.3) is 0 Å². The lowest BCUT2D eigenvalue weighted by Gasteiger charge is -2.50. The number of rotatable bonds is 4. The van der Waals surface area contributed by atoms with Gasteiger partial charge in [0.15, 0.2) is 11.4 Å². The van der Waals surface area contributed by atoms with Gasteiger partial charge in [-0.15, -0.1) is 0 Å². The number of carbonyl (C=O) groups is 3. The molecule has 11 heteroatoms. The number of halogens is 1. The minimum absolute atomic E-state index is 0.0211. The normalized spacial score (nSPS) is 32.9. The third-order valence-corrected chi connectivity index (χ3v) is 9.69. The number of nitrogens with two attached hydrogens (primary N) is 1. The Hall–Kier alpha value is -2.92. The van der Waals surface area contributed by atoms with Gasteiger partial charge in [-0.2, -0.15) is 0 Å². The molecule has 1 aliphatic heterocycles. The molecule has 1 aromatic carbocycles. The molecule has 1 heterocycles. The van der Waals surface area contributed by atoms with Gasteiger partial charge in [-0.05, 0) is 76.7 Å².